The molecule has 1 aliphatic heterocycles. The van der Waals surface area contributed by atoms with Crippen molar-refractivity contribution >= 4 is 52.2 Å². The van der Waals surface area contributed by atoms with Gasteiger partial charge in [-0.15, -0.1) is 0 Å². The van der Waals surface area contributed by atoms with Crippen molar-refractivity contribution in [1.82, 2.24) is 4.90 Å². The molecule has 2 amide bonds. The molecule has 0 bridgehead atoms. The molecule has 0 saturated carbocycles. The minimum absolute atomic E-state index is 0.211. The molecule has 0 unspecified atom stereocenters. The number of rotatable bonds is 7. The van der Waals surface area contributed by atoms with Crippen LogP contribution in [0.15, 0.2) is 65.6 Å². The van der Waals surface area contributed by atoms with Crippen LogP contribution in [-0.4, -0.2) is 23.2 Å². The van der Waals surface area contributed by atoms with Crippen LogP contribution in [0.2, 0.25) is 10.0 Å². The van der Waals surface area contributed by atoms with Crippen LogP contribution in [0.5, 0.6) is 11.5 Å². The van der Waals surface area contributed by atoms with Gasteiger partial charge in [0.15, 0.2) is 11.5 Å². The van der Waals surface area contributed by atoms with Gasteiger partial charge in [-0.3, -0.25) is 14.5 Å². The highest BCUT2D eigenvalue weighted by atomic mass is 35.5. The highest BCUT2D eigenvalue weighted by Crippen LogP contribution is 2.36. The lowest BCUT2D eigenvalue weighted by Gasteiger charge is -2.13. The van der Waals surface area contributed by atoms with E-state index in [4.69, 9.17) is 32.7 Å². The van der Waals surface area contributed by atoms with Crippen molar-refractivity contribution < 1.29 is 19.1 Å². The lowest BCUT2D eigenvalue weighted by molar-refractivity contribution is -0.123. The van der Waals surface area contributed by atoms with Gasteiger partial charge < -0.3 is 9.47 Å². The fourth-order valence-corrected chi connectivity index (χ4v) is 4.66. The van der Waals surface area contributed by atoms with E-state index in [1.165, 1.54) is 4.90 Å². The molecule has 8 heteroatoms. The number of imide groups is 1. The maximum atomic E-state index is 12.9. The minimum atomic E-state index is -0.318. The normalized spacial score (nSPS) is 14.7. The Morgan fingerprint density at radius 3 is 2.44 bits per heavy atom. The van der Waals surface area contributed by atoms with E-state index in [2.05, 4.69) is 0 Å². The van der Waals surface area contributed by atoms with Crippen molar-refractivity contribution in [2.24, 2.45) is 0 Å². The second kappa shape index (κ2) is 10.6. The van der Waals surface area contributed by atoms with Crippen LogP contribution in [0, 0.1) is 6.92 Å². The molecule has 1 saturated heterocycles. The van der Waals surface area contributed by atoms with E-state index < -0.39 is 0 Å². The molecular formula is C26H21Cl2NO4S. The average Bonchev–Trinajstić information content (AvgIpc) is 3.07. The molecule has 1 fully saturated rings. The molecule has 1 heterocycles. The Morgan fingerprint density at radius 1 is 0.971 bits per heavy atom. The molecule has 3 aromatic rings. The number of methoxy groups -OCH3 is 1. The average molecular weight is 514 g/mol. The SMILES string of the molecule is COc1ccc(/C=C2\SC(=O)N(Cc3ccc(C)cc3)C2=O)cc1OCc1ccc(Cl)cc1Cl. The minimum Gasteiger partial charge on any atom is -0.493 e. The molecule has 0 atom stereocenters. The second-order valence-corrected chi connectivity index (χ2v) is 9.52. The summed E-state index contributed by atoms with van der Waals surface area (Å²) in [7, 11) is 1.55. The lowest BCUT2D eigenvalue weighted by Crippen LogP contribution is -2.27. The van der Waals surface area contributed by atoms with Crippen LogP contribution < -0.4 is 9.47 Å². The van der Waals surface area contributed by atoms with Crippen molar-refractivity contribution in [2.45, 2.75) is 20.1 Å². The Labute approximate surface area is 212 Å². The predicted molar refractivity (Wildman–Crippen MR) is 136 cm³/mol. The summed E-state index contributed by atoms with van der Waals surface area (Å²) < 4.78 is 11.4. The number of hydrogen-bond donors (Lipinski definition) is 0. The van der Waals surface area contributed by atoms with Crippen LogP contribution in [-0.2, 0) is 17.9 Å². The van der Waals surface area contributed by atoms with Crippen molar-refractivity contribution in [3.63, 3.8) is 0 Å². The van der Waals surface area contributed by atoms with Gasteiger partial charge in [-0.1, -0.05) is 65.2 Å². The summed E-state index contributed by atoms with van der Waals surface area (Å²) in [5.74, 6) is 0.706. The monoisotopic (exact) mass is 513 g/mol. The first-order valence-electron chi connectivity index (χ1n) is 10.4. The fraction of sp³-hybridized carbons (Fsp3) is 0.154. The number of halogens is 2. The zero-order valence-electron chi connectivity index (χ0n) is 18.5. The van der Waals surface area contributed by atoms with Gasteiger partial charge in [0.2, 0.25) is 0 Å². The number of hydrogen-bond acceptors (Lipinski definition) is 5. The highest BCUT2D eigenvalue weighted by Gasteiger charge is 2.35. The Kier molecular flexibility index (Phi) is 7.51. The van der Waals surface area contributed by atoms with E-state index in [1.54, 1.807) is 49.6 Å². The van der Waals surface area contributed by atoms with Crippen molar-refractivity contribution in [3.8, 4) is 11.5 Å². The smallest absolute Gasteiger partial charge is 0.293 e. The molecule has 174 valence electrons. The standard InChI is InChI=1S/C26H21Cl2NO4S/c1-16-3-5-17(6-4-16)14-29-25(30)24(34-26(29)31)12-18-7-10-22(32-2)23(11-18)33-15-19-8-9-20(27)13-21(19)28/h3-13H,14-15H2,1-2H3/b24-12-. The van der Waals surface area contributed by atoms with E-state index in [9.17, 15) is 9.59 Å². The molecule has 0 spiro atoms. The van der Waals surface area contributed by atoms with Crippen LogP contribution >= 0.6 is 35.0 Å². The molecule has 0 aromatic heterocycles. The van der Waals surface area contributed by atoms with Gasteiger partial charge in [-0.2, -0.15) is 0 Å². The van der Waals surface area contributed by atoms with Gasteiger partial charge in [0, 0.05) is 15.6 Å². The van der Waals surface area contributed by atoms with Crippen molar-refractivity contribution in [3.05, 3.63) is 97.9 Å². The Balaban J connectivity index is 1.52. The molecule has 4 rings (SSSR count). The van der Waals surface area contributed by atoms with Gasteiger partial charge in [0.1, 0.15) is 6.61 Å². The number of amides is 2. The predicted octanol–water partition coefficient (Wildman–Crippen LogP) is 7.13. The molecule has 0 N–H and O–H groups in total. The molecular weight excluding hydrogens is 493 g/mol. The number of carbonyl (C=O) groups is 2. The quantitative estimate of drug-likeness (QED) is 0.314. The third-order valence-corrected chi connectivity index (χ3v) is 6.71. The molecule has 0 aliphatic carbocycles. The zero-order chi connectivity index (χ0) is 24.2. The first-order valence-corrected chi connectivity index (χ1v) is 12.0. The number of nitrogens with zero attached hydrogens (tertiary/aromatic N) is 1. The maximum absolute atomic E-state index is 12.9. The topological polar surface area (TPSA) is 55.8 Å². The molecule has 3 aromatic carbocycles. The van der Waals surface area contributed by atoms with Crippen molar-refractivity contribution in [2.75, 3.05) is 7.11 Å². The first-order chi connectivity index (χ1) is 16.3. The third kappa shape index (κ3) is 5.58. The van der Waals surface area contributed by atoms with Gasteiger partial charge in [-0.25, -0.2) is 0 Å². The van der Waals surface area contributed by atoms with Crippen LogP contribution in [0.4, 0.5) is 4.79 Å². The van der Waals surface area contributed by atoms with Crippen molar-refractivity contribution in [1.29, 1.82) is 0 Å². The summed E-state index contributed by atoms with van der Waals surface area (Å²) in [5.41, 5.74) is 3.50. The van der Waals surface area contributed by atoms with Gasteiger partial charge >= 0.3 is 0 Å². The lowest BCUT2D eigenvalue weighted by atomic mass is 10.1. The first kappa shape index (κ1) is 24.2. The molecule has 1 aliphatic rings. The Hall–Kier alpha value is -2.93. The Bertz CT molecular complexity index is 1270. The molecule has 34 heavy (non-hydrogen) atoms. The van der Waals surface area contributed by atoms with Gasteiger partial charge in [-0.05, 0) is 60.2 Å². The zero-order valence-corrected chi connectivity index (χ0v) is 20.8. The second-order valence-electron chi connectivity index (χ2n) is 7.69. The summed E-state index contributed by atoms with van der Waals surface area (Å²) >= 11 is 13.1. The number of aryl methyl sites for hydroxylation is 1. The van der Waals surface area contributed by atoms with E-state index in [-0.39, 0.29) is 24.3 Å². The summed E-state index contributed by atoms with van der Waals surface area (Å²) in [4.78, 5) is 27.0. The number of benzene rings is 3. The fourth-order valence-electron chi connectivity index (χ4n) is 3.35. The van der Waals surface area contributed by atoms with Gasteiger partial charge in [0.05, 0.1) is 18.6 Å². The Morgan fingerprint density at radius 2 is 1.74 bits per heavy atom. The van der Waals surface area contributed by atoms with Gasteiger partial charge in [0.25, 0.3) is 11.1 Å². The van der Waals surface area contributed by atoms with E-state index in [0.717, 1.165) is 28.5 Å². The maximum Gasteiger partial charge on any atom is 0.293 e. The number of ether oxygens (including phenoxy) is 2. The van der Waals surface area contributed by atoms with E-state index >= 15 is 0 Å². The summed E-state index contributed by atoms with van der Waals surface area (Å²) in [6.45, 7) is 2.44. The largest absolute Gasteiger partial charge is 0.493 e. The third-order valence-electron chi connectivity index (χ3n) is 5.22. The van der Waals surface area contributed by atoms with Crippen LogP contribution in [0.3, 0.4) is 0 Å². The summed E-state index contributed by atoms with van der Waals surface area (Å²) in [6, 6.07) is 18.3. The van der Waals surface area contributed by atoms with Crippen LogP contribution in [0.1, 0.15) is 22.3 Å². The summed E-state index contributed by atoms with van der Waals surface area (Å²) in [6.07, 6.45) is 1.68. The van der Waals surface area contributed by atoms with Crippen LogP contribution in [0.25, 0.3) is 6.08 Å². The van der Waals surface area contributed by atoms with E-state index in [0.29, 0.717) is 32.0 Å². The highest BCUT2D eigenvalue weighted by molar-refractivity contribution is 8.18. The molecule has 5 nitrogen and oxygen atoms in total. The number of thioether (sulfide) groups is 1. The molecule has 0 radical (unpaired) electrons. The van der Waals surface area contributed by atoms with E-state index in [1.807, 2.05) is 31.2 Å². The summed E-state index contributed by atoms with van der Waals surface area (Å²) in [5, 5.41) is 0.758. The number of carbonyl (C=O) groups excluding carboxylic acids is 2.